The van der Waals surface area contributed by atoms with Gasteiger partial charge >= 0.3 is 0 Å². The second-order valence-corrected chi connectivity index (χ2v) is 7.02. The third kappa shape index (κ3) is 3.93. The van der Waals surface area contributed by atoms with Gasteiger partial charge in [0, 0.05) is 19.2 Å². The van der Waals surface area contributed by atoms with E-state index in [9.17, 15) is 9.18 Å². The molecular formula is C21H21FN4O2. The van der Waals surface area contributed by atoms with Gasteiger partial charge < -0.3 is 9.32 Å². The molecule has 1 aliphatic rings. The van der Waals surface area contributed by atoms with Crippen molar-refractivity contribution < 1.29 is 13.6 Å². The molecule has 7 heteroatoms. The van der Waals surface area contributed by atoms with Crippen LogP contribution >= 0.6 is 0 Å². The molecule has 1 amide bonds. The number of likely N-dealkylation sites (tertiary alicyclic amines) is 1. The van der Waals surface area contributed by atoms with E-state index < -0.39 is 0 Å². The molecule has 4 rings (SSSR count). The van der Waals surface area contributed by atoms with Crippen molar-refractivity contribution in [2.24, 2.45) is 0 Å². The second-order valence-electron chi connectivity index (χ2n) is 7.02. The van der Waals surface area contributed by atoms with E-state index in [1.54, 1.807) is 29.4 Å². The summed E-state index contributed by atoms with van der Waals surface area (Å²) >= 11 is 0. The lowest BCUT2D eigenvalue weighted by molar-refractivity contribution is 0.0563. The molecule has 1 atom stereocenters. The molecule has 2 aromatic heterocycles. The fourth-order valence-corrected chi connectivity index (χ4v) is 3.44. The lowest BCUT2D eigenvalue weighted by Crippen LogP contribution is -2.39. The number of nitrogens with zero attached hydrogens (tertiary/aromatic N) is 4. The van der Waals surface area contributed by atoms with Gasteiger partial charge in [-0.05, 0) is 43.9 Å². The number of amides is 1. The summed E-state index contributed by atoms with van der Waals surface area (Å²) in [4.78, 5) is 27.5. The van der Waals surface area contributed by atoms with Crippen LogP contribution in [0.1, 0.15) is 58.7 Å². The van der Waals surface area contributed by atoms with Gasteiger partial charge in [-0.15, -0.1) is 0 Å². The Kier molecular flexibility index (Phi) is 5.14. The van der Waals surface area contributed by atoms with Gasteiger partial charge in [0.1, 0.15) is 23.3 Å². The molecule has 1 aliphatic heterocycles. The van der Waals surface area contributed by atoms with Crippen molar-refractivity contribution >= 4 is 5.91 Å². The zero-order valence-electron chi connectivity index (χ0n) is 15.6. The first-order chi connectivity index (χ1) is 13.6. The highest BCUT2D eigenvalue weighted by atomic mass is 19.1. The molecule has 0 bridgehead atoms. The quantitative estimate of drug-likeness (QED) is 0.687. The van der Waals surface area contributed by atoms with Gasteiger partial charge in [-0.3, -0.25) is 9.78 Å². The highest BCUT2D eigenvalue weighted by Crippen LogP contribution is 2.32. The number of aryl methyl sites for hydroxylation is 1. The highest BCUT2D eigenvalue weighted by Gasteiger charge is 2.32. The topological polar surface area (TPSA) is 72.1 Å². The molecule has 0 radical (unpaired) electrons. The molecule has 144 valence electrons. The number of hydrogen-bond acceptors (Lipinski definition) is 5. The van der Waals surface area contributed by atoms with E-state index >= 15 is 0 Å². The van der Waals surface area contributed by atoms with Crippen LogP contribution in [0, 0.1) is 12.7 Å². The predicted octanol–water partition coefficient (Wildman–Crippen LogP) is 3.87. The molecule has 0 spiro atoms. The Bertz CT molecular complexity index is 953. The lowest BCUT2D eigenvalue weighted by atomic mass is 10.0. The fraction of sp³-hybridized carbons (Fsp3) is 0.333. The van der Waals surface area contributed by atoms with Gasteiger partial charge in [0.05, 0.1) is 18.1 Å². The minimum absolute atomic E-state index is 0.157. The van der Waals surface area contributed by atoms with Crippen LogP contribution in [0.15, 0.2) is 47.3 Å². The van der Waals surface area contributed by atoms with Crippen LogP contribution in [-0.2, 0) is 6.42 Å². The molecule has 6 nitrogen and oxygen atoms in total. The number of halogens is 1. The zero-order valence-corrected chi connectivity index (χ0v) is 15.6. The molecule has 0 saturated carbocycles. The van der Waals surface area contributed by atoms with E-state index in [-0.39, 0.29) is 17.8 Å². The molecule has 0 N–H and O–H groups in total. The van der Waals surface area contributed by atoms with Gasteiger partial charge in [0.2, 0.25) is 5.89 Å². The summed E-state index contributed by atoms with van der Waals surface area (Å²) in [6.07, 6.45) is 8.05. The van der Waals surface area contributed by atoms with Crippen molar-refractivity contribution in [3.8, 4) is 0 Å². The Morgan fingerprint density at radius 3 is 2.71 bits per heavy atom. The van der Waals surface area contributed by atoms with Crippen LogP contribution in [0.4, 0.5) is 4.39 Å². The Labute approximate surface area is 162 Å². The first-order valence-electron chi connectivity index (χ1n) is 9.39. The molecular weight excluding hydrogens is 359 g/mol. The molecule has 1 aromatic carbocycles. The molecule has 1 saturated heterocycles. The number of benzene rings is 1. The number of hydrogen-bond donors (Lipinski definition) is 0. The average Bonchev–Trinajstić information content (AvgIpc) is 3.18. The van der Waals surface area contributed by atoms with Gasteiger partial charge in [-0.1, -0.05) is 12.1 Å². The predicted molar refractivity (Wildman–Crippen MR) is 100 cm³/mol. The van der Waals surface area contributed by atoms with Crippen molar-refractivity contribution in [2.75, 3.05) is 6.54 Å². The Balaban J connectivity index is 1.53. The van der Waals surface area contributed by atoms with Gasteiger partial charge in [-0.25, -0.2) is 14.4 Å². The maximum Gasteiger partial charge on any atom is 0.274 e. The van der Waals surface area contributed by atoms with Crippen LogP contribution in [0.3, 0.4) is 0 Å². The number of carbonyl (C=O) groups is 1. The van der Waals surface area contributed by atoms with Crippen LogP contribution in [0.25, 0.3) is 0 Å². The van der Waals surface area contributed by atoms with Crippen LogP contribution < -0.4 is 0 Å². The molecule has 3 aromatic rings. The van der Waals surface area contributed by atoms with E-state index in [1.165, 1.54) is 18.3 Å². The van der Waals surface area contributed by atoms with Crippen molar-refractivity contribution in [1.82, 2.24) is 19.9 Å². The summed E-state index contributed by atoms with van der Waals surface area (Å²) < 4.78 is 19.0. The number of carbonyl (C=O) groups excluding carboxylic acids is 1. The van der Waals surface area contributed by atoms with Gasteiger partial charge in [0.25, 0.3) is 5.91 Å². The monoisotopic (exact) mass is 380 g/mol. The number of oxazole rings is 1. The molecule has 3 heterocycles. The van der Waals surface area contributed by atoms with Crippen molar-refractivity contribution in [3.05, 3.63) is 77.3 Å². The van der Waals surface area contributed by atoms with Gasteiger partial charge in [0.15, 0.2) is 0 Å². The lowest BCUT2D eigenvalue weighted by Gasteiger charge is -2.33. The zero-order chi connectivity index (χ0) is 19.5. The van der Waals surface area contributed by atoms with E-state index in [0.29, 0.717) is 30.3 Å². The fourth-order valence-electron chi connectivity index (χ4n) is 3.44. The molecule has 0 aliphatic carbocycles. The third-order valence-electron chi connectivity index (χ3n) is 4.91. The first kappa shape index (κ1) is 18.3. The number of rotatable bonds is 4. The third-order valence-corrected chi connectivity index (χ3v) is 4.91. The molecule has 28 heavy (non-hydrogen) atoms. The minimum atomic E-state index is -0.266. The van der Waals surface area contributed by atoms with E-state index in [2.05, 4.69) is 15.0 Å². The minimum Gasteiger partial charge on any atom is -0.443 e. The van der Waals surface area contributed by atoms with E-state index in [1.807, 2.05) is 6.92 Å². The number of piperidine rings is 1. The molecule has 1 fully saturated rings. The summed E-state index contributed by atoms with van der Waals surface area (Å²) in [5, 5.41) is 0. The summed E-state index contributed by atoms with van der Waals surface area (Å²) in [6.45, 7) is 2.47. The summed E-state index contributed by atoms with van der Waals surface area (Å²) in [7, 11) is 0. The smallest absolute Gasteiger partial charge is 0.274 e. The average molecular weight is 380 g/mol. The SMILES string of the molecule is Cc1cnc(C(=O)N2CCCC[C@H]2c2ncc(Cc3ccc(F)cc3)o2)cn1. The van der Waals surface area contributed by atoms with E-state index in [4.69, 9.17) is 4.42 Å². The van der Waals surface area contributed by atoms with Crippen LogP contribution in [0.2, 0.25) is 0 Å². The Morgan fingerprint density at radius 1 is 1.14 bits per heavy atom. The first-order valence-corrected chi connectivity index (χ1v) is 9.39. The maximum absolute atomic E-state index is 13.1. The van der Waals surface area contributed by atoms with Crippen LogP contribution in [-0.4, -0.2) is 32.3 Å². The number of aromatic nitrogens is 3. The second kappa shape index (κ2) is 7.88. The van der Waals surface area contributed by atoms with Crippen molar-refractivity contribution in [3.63, 3.8) is 0 Å². The maximum atomic E-state index is 13.1. The van der Waals surface area contributed by atoms with E-state index in [0.717, 1.165) is 30.5 Å². The van der Waals surface area contributed by atoms with Crippen LogP contribution in [0.5, 0.6) is 0 Å². The van der Waals surface area contributed by atoms with Crippen molar-refractivity contribution in [1.29, 1.82) is 0 Å². The standard InChI is InChI=1S/C21H21FN4O2/c1-14-11-24-18(13-23-14)21(27)26-9-3-2-4-19(26)20-25-12-17(28-20)10-15-5-7-16(22)8-6-15/h5-8,11-13,19H,2-4,9-10H2,1H3/t19-/m0/s1. The van der Waals surface area contributed by atoms with Crippen molar-refractivity contribution in [2.45, 2.75) is 38.6 Å². The normalized spacial score (nSPS) is 16.9. The Morgan fingerprint density at radius 2 is 1.96 bits per heavy atom. The largest absolute Gasteiger partial charge is 0.443 e. The molecule has 0 unspecified atom stereocenters. The Hall–Kier alpha value is -3.09. The van der Waals surface area contributed by atoms with Gasteiger partial charge in [-0.2, -0.15) is 0 Å². The summed E-state index contributed by atoms with van der Waals surface area (Å²) in [5.41, 5.74) is 2.04. The highest BCUT2D eigenvalue weighted by molar-refractivity contribution is 5.92. The summed E-state index contributed by atoms with van der Waals surface area (Å²) in [5.74, 6) is 0.799. The summed E-state index contributed by atoms with van der Waals surface area (Å²) in [6, 6.07) is 6.09.